The van der Waals surface area contributed by atoms with Gasteiger partial charge in [0.2, 0.25) is 0 Å². The highest BCUT2D eigenvalue weighted by Gasteiger charge is 1.93. The second-order valence-corrected chi connectivity index (χ2v) is 2.39. The second-order valence-electron chi connectivity index (χ2n) is 2.39. The summed E-state index contributed by atoms with van der Waals surface area (Å²) in [6.07, 6.45) is 7.63. The van der Waals surface area contributed by atoms with Crippen LogP contribution in [0.15, 0.2) is 36.9 Å². The third-order valence-corrected chi connectivity index (χ3v) is 1.55. The Labute approximate surface area is 64.7 Å². The molecule has 0 unspecified atom stereocenters. The van der Waals surface area contributed by atoms with Crippen LogP contribution in [-0.2, 0) is 6.54 Å². The molecule has 0 spiro atoms. The largest absolute Gasteiger partial charge is 0.347 e. The number of H-pyrrole nitrogens is 1. The summed E-state index contributed by atoms with van der Waals surface area (Å²) in [5.41, 5.74) is 0. The van der Waals surface area contributed by atoms with Crippen molar-refractivity contribution < 1.29 is 0 Å². The van der Waals surface area contributed by atoms with Gasteiger partial charge in [0, 0.05) is 24.8 Å². The summed E-state index contributed by atoms with van der Waals surface area (Å²) in [7, 11) is 0. The van der Waals surface area contributed by atoms with E-state index in [1.807, 2.05) is 30.7 Å². The Morgan fingerprint density at radius 3 is 2.82 bits per heavy atom. The Morgan fingerprint density at radius 1 is 1.36 bits per heavy atom. The molecule has 0 aliphatic heterocycles. The molecule has 11 heavy (non-hydrogen) atoms. The van der Waals surface area contributed by atoms with Gasteiger partial charge in [-0.05, 0) is 12.1 Å². The lowest BCUT2D eigenvalue weighted by Gasteiger charge is -1.96. The van der Waals surface area contributed by atoms with Crippen LogP contribution in [0.4, 0.5) is 0 Å². The van der Waals surface area contributed by atoms with Crippen molar-refractivity contribution in [2.45, 2.75) is 6.54 Å². The van der Waals surface area contributed by atoms with Crippen LogP contribution in [0.1, 0.15) is 5.82 Å². The summed E-state index contributed by atoms with van der Waals surface area (Å²) in [6, 6.07) is 4.01. The fraction of sp³-hybridized carbons (Fsp3) is 0.125. The van der Waals surface area contributed by atoms with Crippen molar-refractivity contribution in [1.29, 1.82) is 0 Å². The van der Waals surface area contributed by atoms with Gasteiger partial charge in [0.15, 0.2) is 0 Å². The first-order valence-electron chi connectivity index (χ1n) is 3.54. The number of imidazole rings is 1. The molecular formula is C8H9N3. The number of nitrogens with one attached hydrogen (secondary N) is 1. The number of aromatic nitrogens is 3. The van der Waals surface area contributed by atoms with E-state index in [9.17, 15) is 0 Å². The minimum Gasteiger partial charge on any atom is -0.347 e. The third kappa shape index (κ3) is 1.32. The molecular weight excluding hydrogens is 138 g/mol. The zero-order valence-corrected chi connectivity index (χ0v) is 6.07. The van der Waals surface area contributed by atoms with Crippen molar-refractivity contribution in [1.82, 2.24) is 14.5 Å². The Bertz CT molecular complexity index is 262. The second kappa shape index (κ2) is 2.62. The van der Waals surface area contributed by atoms with Crippen LogP contribution < -0.4 is 0 Å². The molecule has 2 rings (SSSR count). The predicted octanol–water partition coefficient (Wildman–Crippen LogP) is 1.26. The molecule has 0 bridgehead atoms. The molecule has 0 saturated heterocycles. The lowest BCUT2D eigenvalue weighted by Crippen LogP contribution is -1.97. The van der Waals surface area contributed by atoms with E-state index in [2.05, 4.69) is 14.5 Å². The Balaban J connectivity index is 2.14. The SMILES string of the molecule is c1ccn(Cc2ncc[nH]2)c1. The maximum atomic E-state index is 4.11. The fourth-order valence-electron chi connectivity index (χ4n) is 1.03. The van der Waals surface area contributed by atoms with E-state index in [4.69, 9.17) is 0 Å². The fourth-order valence-corrected chi connectivity index (χ4v) is 1.03. The number of hydrogen-bond donors (Lipinski definition) is 1. The molecule has 56 valence electrons. The Hall–Kier alpha value is -1.51. The molecule has 0 amide bonds. The topological polar surface area (TPSA) is 33.6 Å². The minimum absolute atomic E-state index is 0.819. The number of rotatable bonds is 2. The minimum atomic E-state index is 0.819. The molecule has 0 radical (unpaired) electrons. The van der Waals surface area contributed by atoms with Gasteiger partial charge in [0.1, 0.15) is 5.82 Å². The molecule has 0 saturated carbocycles. The van der Waals surface area contributed by atoms with Gasteiger partial charge in [-0.25, -0.2) is 4.98 Å². The highest BCUT2D eigenvalue weighted by molar-refractivity contribution is 4.95. The smallest absolute Gasteiger partial charge is 0.126 e. The van der Waals surface area contributed by atoms with Crippen molar-refractivity contribution in [3.63, 3.8) is 0 Å². The van der Waals surface area contributed by atoms with E-state index in [-0.39, 0.29) is 0 Å². The van der Waals surface area contributed by atoms with Crippen LogP contribution >= 0.6 is 0 Å². The summed E-state index contributed by atoms with van der Waals surface area (Å²) in [5.74, 6) is 0.987. The van der Waals surface area contributed by atoms with Crippen LogP contribution in [0.3, 0.4) is 0 Å². The van der Waals surface area contributed by atoms with Gasteiger partial charge in [0.05, 0.1) is 6.54 Å². The quantitative estimate of drug-likeness (QED) is 0.681. The van der Waals surface area contributed by atoms with E-state index in [1.165, 1.54) is 0 Å². The molecule has 0 atom stereocenters. The molecule has 2 aromatic heterocycles. The van der Waals surface area contributed by atoms with Crippen molar-refractivity contribution in [3.8, 4) is 0 Å². The summed E-state index contributed by atoms with van der Waals surface area (Å²) in [5, 5.41) is 0. The lowest BCUT2D eigenvalue weighted by molar-refractivity contribution is 0.762. The average Bonchev–Trinajstić information content (AvgIpc) is 2.60. The van der Waals surface area contributed by atoms with Crippen molar-refractivity contribution in [2.75, 3.05) is 0 Å². The lowest BCUT2D eigenvalue weighted by atomic mass is 10.6. The van der Waals surface area contributed by atoms with Crippen molar-refractivity contribution in [2.24, 2.45) is 0 Å². The Kier molecular flexibility index (Phi) is 1.48. The van der Waals surface area contributed by atoms with E-state index < -0.39 is 0 Å². The zero-order chi connectivity index (χ0) is 7.52. The molecule has 2 heterocycles. The van der Waals surface area contributed by atoms with Gasteiger partial charge < -0.3 is 9.55 Å². The first kappa shape index (κ1) is 6.22. The van der Waals surface area contributed by atoms with E-state index in [0.29, 0.717) is 0 Å². The van der Waals surface area contributed by atoms with Crippen LogP contribution in [0.2, 0.25) is 0 Å². The van der Waals surface area contributed by atoms with Gasteiger partial charge >= 0.3 is 0 Å². The molecule has 0 aliphatic rings. The van der Waals surface area contributed by atoms with Crippen molar-refractivity contribution in [3.05, 3.63) is 42.7 Å². The normalized spacial score (nSPS) is 10.2. The van der Waals surface area contributed by atoms with Crippen molar-refractivity contribution >= 4 is 0 Å². The first-order valence-corrected chi connectivity index (χ1v) is 3.54. The van der Waals surface area contributed by atoms with E-state index in [1.54, 1.807) is 6.20 Å². The molecule has 2 aromatic rings. The summed E-state index contributed by atoms with van der Waals surface area (Å²) in [6.45, 7) is 0.819. The molecule has 3 nitrogen and oxygen atoms in total. The molecule has 3 heteroatoms. The van der Waals surface area contributed by atoms with Crippen LogP contribution in [0.5, 0.6) is 0 Å². The highest BCUT2D eigenvalue weighted by Crippen LogP contribution is 1.95. The van der Waals surface area contributed by atoms with Gasteiger partial charge in [-0.3, -0.25) is 0 Å². The number of nitrogens with zero attached hydrogens (tertiary/aromatic N) is 2. The number of hydrogen-bond acceptors (Lipinski definition) is 1. The maximum Gasteiger partial charge on any atom is 0.126 e. The van der Waals surface area contributed by atoms with Crippen LogP contribution in [0.25, 0.3) is 0 Å². The molecule has 0 fully saturated rings. The van der Waals surface area contributed by atoms with E-state index >= 15 is 0 Å². The van der Waals surface area contributed by atoms with Gasteiger partial charge in [-0.15, -0.1) is 0 Å². The highest BCUT2D eigenvalue weighted by atomic mass is 15.0. The summed E-state index contributed by atoms with van der Waals surface area (Å²) in [4.78, 5) is 7.16. The first-order chi connectivity index (χ1) is 5.45. The monoisotopic (exact) mass is 147 g/mol. The molecule has 1 N–H and O–H groups in total. The maximum absolute atomic E-state index is 4.11. The van der Waals surface area contributed by atoms with Gasteiger partial charge in [-0.1, -0.05) is 0 Å². The van der Waals surface area contributed by atoms with Gasteiger partial charge in [0.25, 0.3) is 0 Å². The van der Waals surface area contributed by atoms with E-state index in [0.717, 1.165) is 12.4 Å². The number of aromatic amines is 1. The standard InChI is InChI=1S/C8H9N3/c1-2-6-11(5-1)7-8-9-3-4-10-8/h1-6H,7H2,(H,9,10). The molecule has 0 aromatic carbocycles. The average molecular weight is 147 g/mol. The van der Waals surface area contributed by atoms with Crippen LogP contribution in [0, 0.1) is 0 Å². The summed E-state index contributed by atoms with van der Waals surface area (Å²) < 4.78 is 2.07. The summed E-state index contributed by atoms with van der Waals surface area (Å²) >= 11 is 0. The Morgan fingerprint density at radius 2 is 2.18 bits per heavy atom. The van der Waals surface area contributed by atoms with Crippen LogP contribution in [-0.4, -0.2) is 14.5 Å². The third-order valence-electron chi connectivity index (χ3n) is 1.55. The predicted molar refractivity (Wildman–Crippen MR) is 42.1 cm³/mol. The van der Waals surface area contributed by atoms with Gasteiger partial charge in [-0.2, -0.15) is 0 Å². The molecule has 0 aliphatic carbocycles. The zero-order valence-electron chi connectivity index (χ0n) is 6.07.